The van der Waals surface area contributed by atoms with Gasteiger partial charge in [0.1, 0.15) is 17.4 Å². The zero-order valence-electron chi connectivity index (χ0n) is 35.4. The number of carbonyl (C=O) groups is 3. The predicted molar refractivity (Wildman–Crippen MR) is 230 cm³/mol. The summed E-state index contributed by atoms with van der Waals surface area (Å²) >= 11 is 0. The molecule has 3 aliphatic rings. The van der Waals surface area contributed by atoms with Crippen molar-refractivity contribution in [2.45, 2.75) is 104 Å². The van der Waals surface area contributed by atoms with Gasteiger partial charge in [-0.1, -0.05) is 63.1 Å². The Morgan fingerprint density at radius 1 is 0.776 bits per heavy atom. The summed E-state index contributed by atoms with van der Waals surface area (Å²) in [6, 6.07) is 21.8. The average Bonchev–Trinajstić information content (AvgIpc) is 3.78. The van der Waals surface area contributed by atoms with E-state index in [4.69, 9.17) is 4.74 Å². The van der Waals surface area contributed by atoms with Crippen molar-refractivity contribution in [2.75, 3.05) is 46.9 Å². The Hall–Kier alpha value is -4.66. The van der Waals surface area contributed by atoms with Gasteiger partial charge >= 0.3 is 5.97 Å². The molecule has 58 heavy (non-hydrogen) atoms. The van der Waals surface area contributed by atoms with Crippen LogP contribution in [0.4, 0.5) is 0 Å². The molecule has 0 spiro atoms. The fourth-order valence-corrected chi connectivity index (χ4v) is 9.14. The van der Waals surface area contributed by atoms with Crippen LogP contribution in [0.2, 0.25) is 0 Å². The number of carbonyl (C=O) groups excluding carboxylic acids is 3. The number of amides is 2. The molecule has 7 rings (SSSR count). The second kappa shape index (κ2) is 20.3. The van der Waals surface area contributed by atoms with Gasteiger partial charge in [-0.2, -0.15) is 5.26 Å². The molecule has 4 aromatic rings. The summed E-state index contributed by atoms with van der Waals surface area (Å²) < 4.78 is 9.58. The lowest BCUT2D eigenvalue weighted by atomic mass is 9.83. The van der Waals surface area contributed by atoms with E-state index in [1.807, 2.05) is 57.2 Å². The summed E-state index contributed by atoms with van der Waals surface area (Å²) in [7, 11) is 4.34. The molecule has 0 radical (unpaired) electrons. The van der Waals surface area contributed by atoms with Crippen LogP contribution in [0.3, 0.4) is 0 Å². The van der Waals surface area contributed by atoms with E-state index >= 15 is 0 Å². The minimum Gasteiger partial charge on any atom is -0.461 e. The van der Waals surface area contributed by atoms with Crippen LogP contribution in [-0.4, -0.2) is 95.7 Å². The van der Waals surface area contributed by atoms with Crippen LogP contribution in [0.5, 0.6) is 0 Å². The lowest BCUT2D eigenvalue weighted by molar-refractivity contribution is -0.127. The van der Waals surface area contributed by atoms with Crippen molar-refractivity contribution in [3.63, 3.8) is 0 Å². The first-order valence-corrected chi connectivity index (χ1v) is 21.8. The third-order valence-electron chi connectivity index (χ3n) is 12.5. The number of aromatic nitrogens is 2. The molecule has 11 heteroatoms. The Morgan fingerprint density at radius 2 is 1.29 bits per heavy atom. The van der Waals surface area contributed by atoms with Crippen molar-refractivity contribution in [3.8, 4) is 6.07 Å². The Bertz CT molecular complexity index is 2030. The maximum absolute atomic E-state index is 13.7. The molecule has 2 aromatic carbocycles. The number of nitrogens with one attached hydrogen (secondary N) is 2. The summed E-state index contributed by atoms with van der Waals surface area (Å²) in [6.07, 6.45) is 8.72. The summed E-state index contributed by atoms with van der Waals surface area (Å²) in [5.74, 6) is 0.745. The molecule has 312 valence electrons. The van der Waals surface area contributed by atoms with Gasteiger partial charge in [-0.05, 0) is 134 Å². The van der Waals surface area contributed by atoms with Crippen LogP contribution in [0.25, 0.3) is 21.8 Å². The number of benzene rings is 2. The van der Waals surface area contributed by atoms with Gasteiger partial charge in [-0.3, -0.25) is 9.59 Å². The van der Waals surface area contributed by atoms with Crippen molar-refractivity contribution >= 4 is 39.6 Å². The van der Waals surface area contributed by atoms with Crippen LogP contribution < -0.4 is 10.6 Å². The van der Waals surface area contributed by atoms with E-state index in [0.29, 0.717) is 42.2 Å². The average molecular weight is 792 g/mol. The molecule has 0 bridgehead atoms. The van der Waals surface area contributed by atoms with Crippen LogP contribution >= 0.6 is 0 Å². The maximum atomic E-state index is 13.7. The van der Waals surface area contributed by atoms with Crippen LogP contribution in [-0.2, 0) is 22.6 Å². The maximum Gasteiger partial charge on any atom is 0.354 e. The molecule has 3 fully saturated rings. The number of piperidine rings is 2. The number of para-hydroxylation sites is 2. The standard InChI is InChI=1S/C29H41N5O2.C18H24N2O2/c1-20(2)16-23(18-30)31-28(35)24-9-5-6-10-25(24)32-29(36)27-17-22-8-4-7-11-26(22)34(27)19-21-12-14-33(3)15-13-21;1-3-22-18(21)17-12-15-6-4-5-7-16(15)20(17)13-14-8-10-19(2)11-9-14/h4,7-8,11,17,20-21,23-25H,5-6,9-10,12-16,19H2,1-3H3,(H,31,35)(H,32,36);4-7,12,14H,3,8-11,13H2,1-2H3/t23-,24+,25-;/m0./s1. The first kappa shape index (κ1) is 42.9. The number of rotatable bonds is 12. The van der Waals surface area contributed by atoms with Crippen molar-refractivity contribution in [1.82, 2.24) is 29.6 Å². The first-order chi connectivity index (χ1) is 28.0. The van der Waals surface area contributed by atoms with E-state index in [1.54, 1.807) is 0 Å². The van der Waals surface area contributed by atoms with Crippen molar-refractivity contribution < 1.29 is 19.1 Å². The molecular weight excluding hydrogens is 727 g/mol. The Kier molecular flexibility index (Phi) is 15.1. The quantitative estimate of drug-likeness (QED) is 0.143. The Balaban J connectivity index is 0.000000220. The van der Waals surface area contributed by atoms with Gasteiger partial charge in [-0.15, -0.1) is 0 Å². The normalized spacial score (nSPS) is 20.3. The minimum absolute atomic E-state index is 0.108. The molecular formula is C47H65N7O4. The van der Waals surface area contributed by atoms with Gasteiger partial charge in [0, 0.05) is 40.9 Å². The van der Waals surface area contributed by atoms with Crippen molar-refractivity contribution in [3.05, 3.63) is 72.1 Å². The zero-order valence-corrected chi connectivity index (χ0v) is 35.4. The monoisotopic (exact) mass is 792 g/mol. The molecule has 1 saturated carbocycles. The summed E-state index contributed by atoms with van der Waals surface area (Å²) in [4.78, 5) is 43.8. The van der Waals surface area contributed by atoms with Gasteiger partial charge in [0.05, 0.1) is 18.6 Å². The second-order valence-corrected chi connectivity index (χ2v) is 17.4. The van der Waals surface area contributed by atoms with E-state index in [2.05, 4.69) is 74.0 Å². The highest BCUT2D eigenvalue weighted by Crippen LogP contribution is 2.29. The SMILES string of the molecule is CC(C)C[C@@H](C#N)NC(=O)[C@@H]1CCCC[C@@H]1NC(=O)c1cc2ccccc2n1CC1CCN(C)CC1.CCOC(=O)c1cc2ccccc2n1CC1CCN(C)CC1. The van der Waals surface area contributed by atoms with Gasteiger partial charge in [0.15, 0.2) is 0 Å². The highest BCUT2D eigenvalue weighted by molar-refractivity contribution is 5.99. The lowest BCUT2D eigenvalue weighted by Crippen LogP contribution is -2.50. The number of likely N-dealkylation sites (tertiary alicyclic amines) is 2. The first-order valence-electron chi connectivity index (χ1n) is 21.8. The van der Waals surface area contributed by atoms with Crippen molar-refractivity contribution in [2.24, 2.45) is 23.7 Å². The van der Waals surface area contributed by atoms with E-state index in [0.717, 1.165) is 99.6 Å². The smallest absolute Gasteiger partial charge is 0.354 e. The van der Waals surface area contributed by atoms with E-state index < -0.39 is 6.04 Å². The number of hydrogen-bond acceptors (Lipinski definition) is 7. The van der Waals surface area contributed by atoms with Gasteiger partial charge < -0.3 is 34.3 Å². The molecule has 2 aromatic heterocycles. The van der Waals surface area contributed by atoms with Gasteiger partial charge in [0.25, 0.3) is 5.91 Å². The third-order valence-corrected chi connectivity index (χ3v) is 12.5. The van der Waals surface area contributed by atoms with Crippen LogP contribution in [0.15, 0.2) is 60.7 Å². The number of nitrogens with zero attached hydrogens (tertiary/aromatic N) is 5. The molecule has 1 aliphatic carbocycles. The predicted octanol–water partition coefficient (Wildman–Crippen LogP) is 7.49. The summed E-state index contributed by atoms with van der Waals surface area (Å²) in [5, 5.41) is 17.8. The molecule has 2 saturated heterocycles. The van der Waals surface area contributed by atoms with E-state index in [-0.39, 0.29) is 29.7 Å². The highest BCUT2D eigenvalue weighted by Gasteiger charge is 2.34. The molecule has 2 aliphatic heterocycles. The fraction of sp³-hybridized carbons (Fsp3) is 0.574. The van der Waals surface area contributed by atoms with Crippen LogP contribution in [0.1, 0.15) is 99.5 Å². The number of nitriles is 1. The molecule has 2 N–H and O–H groups in total. The molecule has 4 heterocycles. The Labute approximate surface area is 345 Å². The number of hydrogen-bond donors (Lipinski definition) is 2. The largest absolute Gasteiger partial charge is 0.461 e. The third kappa shape index (κ3) is 10.9. The van der Waals surface area contributed by atoms with E-state index in [9.17, 15) is 19.6 Å². The minimum atomic E-state index is -0.493. The molecule has 11 nitrogen and oxygen atoms in total. The molecule has 2 amide bonds. The number of fused-ring (bicyclic) bond motifs is 2. The van der Waals surface area contributed by atoms with E-state index in [1.165, 1.54) is 12.8 Å². The summed E-state index contributed by atoms with van der Waals surface area (Å²) in [6.45, 7) is 12.5. The number of esters is 1. The Morgan fingerprint density at radius 3 is 1.83 bits per heavy atom. The van der Waals surface area contributed by atoms with Crippen LogP contribution in [0, 0.1) is 35.0 Å². The zero-order chi connectivity index (χ0) is 41.2. The lowest BCUT2D eigenvalue weighted by Gasteiger charge is -2.32. The molecule has 3 atom stereocenters. The summed E-state index contributed by atoms with van der Waals surface area (Å²) in [5.41, 5.74) is 3.58. The second-order valence-electron chi connectivity index (χ2n) is 17.4. The topological polar surface area (TPSA) is 125 Å². The molecule has 0 unspecified atom stereocenters. The van der Waals surface area contributed by atoms with Crippen molar-refractivity contribution in [1.29, 1.82) is 5.26 Å². The number of ether oxygens (including phenoxy) is 1. The fourth-order valence-electron chi connectivity index (χ4n) is 9.14. The van der Waals surface area contributed by atoms with Gasteiger partial charge in [0.2, 0.25) is 5.91 Å². The van der Waals surface area contributed by atoms with Gasteiger partial charge in [-0.25, -0.2) is 4.79 Å². The highest BCUT2D eigenvalue weighted by atomic mass is 16.5.